The number of rotatable bonds is 6. The van der Waals surface area contributed by atoms with Gasteiger partial charge in [-0.05, 0) is 32.0 Å². The quantitative estimate of drug-likeness (QED) is 0.723. The van der Waals surface area contributed by atoms with Crippen molar-refractivity contribution in [2.24, 2.45) is 0 Å². The summed E-state index contributed by atoms with van der Waals surface area (Å²) in [6, 6.07) is 5.49. The first kappa shape index (κ1) is 14.9. The van der Waals surface area contributed by atoms with E-state index in [0.717, 1.165) is 15.2 Å². The lowest BCUT2D eigenvalue weighted by molar-refractivity contribution is 0.219. The molecule has 0 unspecified atom stereocenters. The van der Waals surface area contributed by atoms with Crippen LogP contribution in [0.2, 0.25) is 5.02 Å². The second kappa shape index (κ2) is 6.33. The van der Waals surface area contributed by atoms with Crippen molar-refractivity contribution in [3.8, 4) is 0 Å². The van der Waals surface area contributed by atoms with Gasteiger partial charge in [-0.2, -0.15) is 0 Å². The van der Waals surface area contributed by atoms with Crippen molar-refractivity contribution < 1.29 is 13.6 Å². The van der Waals surface area contributed by atoms with Crippen LogP contribution in [0.3, 0.4) is 0 Å². The fourth-order valence-electron chi connectivity index (χ4n) is 1.70. The lowest BCUT2D eigenvalue weighted by Crippen LogP contribution is -1.98. The molecule has 0 fully saturated rings. The number of hydrogen-bond acceptors (Lipinski definition) is 5. The fraction of sp³-hybridized carbons (Fsp3) is 0.417. The summed E-state index contributed by atoms with van der Waals surface area (Å²) in [4.78, 5) is 4.43. The van der Waals surface area contributed by atoms with Crippen molar-refractivity contribution in [1.82, 2.24) is 4.98 Å². The van der Waals surface area contributed by atoms with Gasteiger partial charge in [0.05, 0.1) is 23.4 Å². The van der Waals surface area contributed by atoms with Gasteiger partial charge in [0.1, 0.15) is 11.2 Å². The first-order valence-corrected chi connectivity index (χ1v) is 8.91. The van der Waals surface area contributed by atoms with E-state index in [0.29, 0.717) is 18.2 Å². The Bertz CT molecular complexity index is 606. The summed E-state index contributed by atoms with van der Waals surface area (Å²) in [5.41, 5.74) is 0.851. The van der Waals surface area contributed by atoms with Crippen molar-refractivity contribution in [2.45, 2.75) is 20.0 Å². The molecule has 1 aromatic carbocycles. The molecule has 0 aliphatic heterocycles. The number of halogens is 1. The van der Waals surface area contributed by atoms with Crippen LogP contribution in [0.25, 0.3) is 10.2 Å². The third-order valence-corrected chi connectivity index (χ3v) is 5.83. The molecule has 0 N–H and O–H groups in total. The Morgan fingerprint density at radius 1 is 1.32 bits per heavy atom. The van der Waals surface area contributed by atoms with E-state index in [9.17, 15) is 4.57 Å². The number of fused-ring (bicyclic) bond motifs is 1. The van der Waals surface area contributed by atoms with Crippen LogP contribution in [0.15, 0.2) is 18.2 Å². The molecule has 104 valence electrons. The molecule has 19 heavy (non-hydrogen) atoms. The first-order valence-electron chi connectivity index (χ1n) is 5.99. The summed E-state index contributed by atoms with van der Waals surface area (Å²) >= 11 is 7.40. The van der Waals surface area contributed by atoms with Crippen LogP contribution in [0.4, 0.5) is 0 Å². The number of hydrogen-bond donors (Lipinski definition) is 0. The Morgan fingerprint density at radius 2 is 2.00 bits per heavy atom. The molecule has 2 aromatic rings. The van der Waals surface area contributed by atoms with Crippen molar-refractivity contribution in [3.05, 3.63) is 28.2 Å². The maximum Gasteiger partial charge on any atom is 0.337 e. The third-order valence-electron chi connectivity index (χ3n) is 2.38. The van der Waals surface area contributed by atoms with Crippen molar-refractivity contribution >= 4 is 40.8 Å². The molecule has 4 nitrogen and oxygen atoms in total. The topological polar surface area (TPSA) is 48.4 Å². The van der Waals surface area contributed by atoms with E-state index >= 15 is 0 Å². The fourth-order valence-corrected chi connectivity index (χ4v) is 4.92. The first-order chi connectivity index (χ1) is 9.06. The molecule has 7 heteroatoms. The second-order valence-corrected chi connectivity index (χ2v) is 7.43. The summed E-state index contributed by atoms with van der Waals surface area (Å²) in [6.07, 6.45) is 0.200. The lowest BCUT2D eigenvalue weighted by Gasteiger charge is -2.15. The van der Waals surface area contributed by atoms with E-state index in [2.05, 4.69) is 4.98 Å². The van der Waals surface area contributed by atoms with Gasteiger partial charge >= 0.3 is 7.60 Å². The maximum atomic E-state index is 12.4. The molecule has 0 atom stereocenters. The van der Waals surface area contributed by atoms with E-state index in [1.807, 2.05) is 12.1 Å². The van der Waals surface area contributed by atoms with Crippen LogP contribution >= 0.6 is 30.5 Å². The van der Waals surface area contributed by atoms with E-state index in [4.69, 9.17) is 20.6 Å². The molecule has 0 radical (unpaired) electrons. The number of benzene rings is 1. The van der Waals surface area contributed by atoms with E-state index in [1.165, 1.54) is 11.3 Å². The molecule has 0 amide bonds. The summed E-state index contributed by atoms with van der Waals surface area (Å²) in [7, 11) is -3.09. The molecule has 0 aliphatic rings. The molecule has 0 bridgehead atoms. The molecule has 1 aromatic heterocycles. The Labute approximate surface area is 121 Å². The Kier molecular flexibility index (Phi) is 4.98. The highest BCUT2D eigenvalue weighted by molar-refractivity contribution is 7.53. The number of nitrogens with zero attached hydrogens (tertiary/aromatic N) is 1. The maximum absolute atomic E-state index is 12.4. The average Bonchev–Trinajstić information content (AvgIpc) is 2.70. The van der Waals surface area contributed by atoms with Gasteiger partial charge in [-0.3, -0.25) is 4.57 Å². The zero-order chi connectivity index (χ0) is 13.9. The van der Waals surface area contributed by atoms with Gasteiger partial charge in [-0.1, -0.05) is 11.6 Å². The van der Waals surface area contributed by atoms with Crippen molar-refractivity contribution in [2.75, 3.05) is 13.2 Å². The SMILES string of the molecule is CCOP(=O)(Cc1nc2ccc(Cl)cc2s1)OCC. The summed E-state index contributed by atoms with van der Waals surface area (Å²) < 4.78 is 23.9. The largest absolute Gasteiger partial charge is 0.337 e. The molecule has 0 saturated carbocycles. The predicted molar refractivity (Wildman–Crippen MR) is 79.2 cm³/mol. The Morgan fingerprint density at radius 3 is 2.63 bits per heavy atom. The normalized spacial score (nSPS) is 12.2. The highest BCUT2D eigenvalue weighted by atomic mass is 35.5. The van der Waals surface area contributed by atoms with Gasteiger partial charge in [0.2, 0.25) is 0 Å². The van der Waals surface area contributed by atoms with Gasteiger partial charge in [-0.15, -0.1) is 11.3 Å². The van der Waals surface area contributed by atoms with Gasteiger partial charge in [0, 0.05) is 5.02 Å². The van der Waals surface area contributed by atoms with Gasteiger partial charge in [-0.25, -0.2) is 4.98 Å². The van der Waals surface area contributed by atoms with Crippen LogP contribution in [0, 0.1) is 0 Å². The van der Waals surface area contributed by atoms with Crippen LogP contribution in [-0.2, 0) is 19.8 Å². The lowest BCUT2D eigenvalue weighted by atomic mass is 10.3. The molecular formula is C12H15ClNO3PS. The Balaban J connectivity index is 2.26. The number of thiazole rings is 1. The predicted octanol–water partition coefficient (Wildman–Crippen LogP) is 4.72. The van der Waals surface area contributed by atoms with Crippen LogP contribution in [0.1, 0.15) is 18.9 Å². The average molecular weight is 320 g/mol. The highest BCUT2D eigenvalue weighted by Crippen LogP contribution is 2.52. The summed E-state index contributed by atoms with van der Waals surface area (Å²) in [6.45, 7) is 4.30. The summed E-state index contributed by atoms with van der Waals surface area (Å²) in [5, 5.41) is 1.41. The van der Waals surface area contributed by atoms with E-state index in [1.54, 1.807) is 19.9 Å². The van der Waals surface area contributed by atoms with Crippen LogP contribution in [-0.4, -0.2) is 18.2 Å². The van der Waals surface area contributed by atoms with Crippen molar-refractivity contribution in [3.63, 3.8) is 0 Å². The second-order valence-electron chi connectivity index (χ2n) is 3.82. The molecule has 1 heterocycles. The standard InChI is InChI=1S/C12H15ClNO3PS/c1-3-16-18(15,17-4-2)8-12-14-10-6-5-9(13)7-11(10)19-12/h5-7H,3-4,8H2,1-2H3. The minimum absolute atomic E-state index is 0.200. The Hall–Kier alpha value is -0.450. The molecular weight excluding hydrogens is 305 g/mol. The summed E-state index contributed by atoms with van der Waals surface area (Å²) in [5.74, 6) is 0. The monoisotopic (exact) mass is 319 g/mol. The van der Waals surface area contributed by atoms with Gasteiger partial charge < -0.3 is 9.05 Å². The van der Waals surface area contributed by atoms with Crippen LogP contribution < -0.4 is 0 Å². The van der Waals surface area contributed by atoms with Gasteiger partial charge in [0.25, 0.3) is 0 Å². The molecule has 0 spiro atoms. The van der Waals surface area contributed by atoms with Gasteiger partial charge in [0.15, 0.2) is 0 Å². The van der Waals surface area contributed by atoms with Crippen molar-refractivity contribution in [1.29, 1.82) is 0 Å². The third kappa shape index (κ3) is 3.77. The van der Waals surface area contributed by atoms with E-state index < -0.39 is 7.60 Å². The highest BCUT2D eigenvalue weighted by Gasteiger charge is 2.26. The zero-order valence-corrected chi connectivity index (χ0v) is 13.2. The number of aromatic nitrogens is 1. The zero-order valence-electron chi connectivity index (χ0n) is 10.8. The molecule has 2 rings (SSSR count). The smallest absolute Gasteiger partial charge is 0.309 e. The minimum Gasteiger partial charge on any atom is -0.309 e. The minimum atomic E-state index is -3.09. The van der Waals surface area contributed by atoms with Crippen LogP contribution in [0.5, 0.6) is 0 Å². The van der Waals surface area contributed by atoms with E-state index in [-0.39, 0.29) is 6.16 Å². The molecule has 0 saturated heterocycles. The molecule has 0 aliphatic carbocycles.